The van der Waals surface area contributed by atoms with Gasteiger partial charge in [0.05, 0.1) is 0 Å². The fraction of sp³-hybridized carbons (Fsp3) is 0.562. The van der Waals surface area contributed by atoms with Gasteiger partial charge in [-0.3, -0.25) is 9.59 Å². The topological polar surface area (TPSA) is 66.1 Å². The van der Waals surface area contributed by atoms with E-state index in [4.69, 9.17) is 5.26 Å². The molecule has 0 unspecified atom stereocenters. The van der Waals surface area contributed by atoms with Gasteiger partial charge < -0.3 is 9.47 Å². The van der Waals surface area contributed by atoms with Crippen molar-refractivity contribution in [1.29, 1.82) is 5.26 Å². The molecule has 0 aliphatic carbocycles. The van der Waals surface area contributed by atoms with Crippen molar-refractivity contribution < 1.29 is 4.79 Å². The second kappa shape index (κ2) is 6.57. The summed E-state index contributed by atoms with van der Waals surface area (Å²) in [6, 6.07) is 5.21. The number of hydrogen-bond donors (Lipinski definition) is 0. The number of likely N-dealkylation sites (tertiary alicyclic amines) is 1. The second-order valence-electron chi connectivity index (χ2n) is 5.77. The zero-order valence-corrected chi connectivity index (χ0v) is 12.6. The van der Waals surface area contributed by atoms with Crippen LogP contribution in [0.5, 0.6) is 0 Å². The van der Waals surface area contributed by atoms with Crippen LogP contribution in [-0.4, -0.2) is 28.5 Å². The van der Waals surface area contributed by atoms with E-state index in [1.165, 1.54) is 4.57 Å². The SMILES string of the molecule is CC(C)c1ccc(C#N)c(=O)n1CC(=O)N1CCCCC1. The number of carbonyl (C=O) groups is 1. The molecule has 2 heterocycles. The van der Waals surface area contributed by atoms with Crippen molar-refractivity contribution in [3.05, 3.63) is 33.7 Å². The van der Waals surface area contributed by atoms with Crippen LogP contribution in [0.15, 0.2) is 16.9 Å². The summed E-state index contributed by atoms with van der Waals surface area (Å²) in [5.74, 6) is 0.0911. The quantitative estimate of drug-likeness (QED) is 0.852. The lowest BCUT2D eigenvalue weighted by Crippen LogP contribution is -2.40. The lowest BCUT2D eigenvalue weighted by molar-refractivity contribution is -0.132. The summed E-state index contributed by atoms with van der Waals surface area (Å²) in [6.07, 6.45) is 3.21. The van der Waals surface area contributed by atoms with E-state index in [0.717, 1.165) is 38.0 Å². The van der Waals surface area contributed by atoms with Gasteiger partial charge in [-0.05, 0) is 37.3 Å². The van der Waals surface area contributed by atoms with E-state index >= 15 is 0 Å². The number of piperidine rings is 1. The van der Waals surface area contributed by atoms with Crippen LogP contribution in [0.1, 0.15) is 50.3 Å². The van der Waals surface area contributed by atoms with Gasteiger partial charge in [0.15, 0.2) is 0 Å². The molecule has 1 aliphatic rings. The van der Waals surface area contributed by atoms with Crippen molar-refractivity contribution in [2.75, 3.05) is 13.1 Å². The number of carbonyl (C=O) groups excluding carboxylic acids is 1. The van der Waals surface area contributed by atoms with E-state index in [-0.39, 0.29) is 29.5 Å². The minimum absolute atomic E-state index is 0.0296. The third kappa shape index (κ3) is 3.33. The number of pyridine rings is 1. The molecule has 21 heavy (non-hydrogen) atoms. The van der Waals surface area contributed by atoms with Gasteiger partial charge in [-0.15, -0.1) is 0 Å². The Morgan fingerprint density at radius 2 is 1.95 bits per heavy atom. The Bertz CT molecular complexity index is 619. The maximum Gasteiger partial charge on any atom is 0.269 e. The first-order chi connectivity index (χ1) is 10.0. The Balaban J connectivity index is 2.31. The van der Waals surface area contributed by atoms with Crippen LogP contribution in [0.4, 0.5) is 0 Å². The molecule has 0 spiro atoms. The van der Waals surface area contributed by atoms with E-state index in [1.807, 2.05) is 24.8 Å². The molecule has 0 N–H and O–H groups in total. The fourth-order valence-electron chi connectivity index (χ4n) is 2.72. The average molecular weight is 287 g/mol. The van der Waals surface area contributed by atoms with E-state index in [2.05, 4.69) is 0 Å². The summed E-state index contributed by atoms with van der Waals surface area (Å²) in [4.78, 5) is 26.5. The Morgan fingerprint density at radius 1 is 1.29 bits per heavy atom. The monoisotopic (exact) mass is 287 g/mol. The summed E-state index contributed by atoms with van der Waals surface area (Å²) >= 11 is 0. The van der Waals surface area contributed by atoms with Crippen molar-refractivity contribution in [2.24, 2.45) is 0 Å². The van der Waals surface area contributed by atoms with Gasteiger partial charge in [0.2, 0.25) is 5.91 Å². The number of rotatable bonds is 3. The highest BCUT2D eigenvalue weighted by atomic mass is 16.2. The van der Waals surface area contributed by atoms with E-state index in [0.29, 0.717) is 0 Å². The predicted molar refractivity (Wildman–Crippen MR) is 79.9 cm³/mol. The Kier molecular flexibility index (Phi) is 4.79. The molecule has 1 saturated heterocycles. The van der Waals surface area contributed by atoms with Gasteiger partial charge in [-0.25, -0.2) is 0 Å². The smallest absolute Gasteiger partial charge is 0.269 e. The Morgan fingerprint density at radius 3 is 2.52 bits per heavy atom. The van der Waals surface area contributed by atoms with E-state index in [9.17, 15) is 9.59 Å². The standard InChI is InChI=1S/C16H21N3O2/c1-12(2)14-7-6-13(10-17)16(21)19(14)11-15(20)18-8-4-3-5-9-18/h6-7,12H,3-5,8-9,11H2,1-2H3. The molecule has 112 valence electrons. The number of aromatic nitrogens is 1. The molecular formula is C16H21N3O2. The first-order valence-corrected chi connectivity index (χ1v) is 7.46. The van der Waals surface area contributed by atoms with Crippen molar-refractivity contribution in [2.45, 2.75) is 45.6 Å². The summed E-state index contributed by atoms with van der Waals surface area (Å²) in [6.45, 7) is 5.51. The molecule has 0 aromatic carbocycles. The van der Waals surface area contributed by atoms with Crippen LogP contribution in [0.3, 0.4) is 0 Å². The molecule has 2 rings (SSSR count). The van der Waals surface area contributed by atoms with Crippen molar-refractivity contribution in [3.8, 4) is 6.07 Å². The molecule has 5 nitrogen and oxygen atoms in total. The average Bonchev–Trinajstić information content (AvgIpc) is 2.49. The summed E-state index contributed by atoms with van der Waals surface area (Å²) in [5, 5.41) is 9.00. The first-order valence-electron chi connectivity index (χ1n) is 7.46. The summed E-state index contributed by atoms with van der Waals surface area (Å²) in [5.41, 5.74) is 0.518. The fourth-order valence-corrected chi connectivity index (χ4v) is 2.72. The molecule has 0 atom stereocenters. The highest BCUT2D eigenvalue weighted by molar-refractivity contribution is 5.76. The van der Waals surface area contributed by atoms with Gasteiger partial charge in [0.25, 0.3) is 5.56 Å². The van der Waals surface area contributed by atoms with Gasteiger partial charge in [-0.1, -0.05) is 13.8 Å². The van der Waals surface area contributed by atoms with Crippen LogP contribution in [0.25, 0.3) is 0 Å². The molecule has 0 bridgehead atoms. The van der Waals surface area contributed by atoms with Gasteiger partial charge >= 0.3 is 0 Å². The van der Waals surface area contributed by atoms with Gasteiger partial charge in [-0.2, -0.15) is 5.26 Å². The van der Waals surface area contributed by atoms with Crippen LogP contribution < -0.4 is 5.56 Å². The van der Waals surface area contributed by atoms with Crippen LogP contribution in [0, 0.1) is 11.3 Å². The normalized spacial score (nSPS) is 15.0. The molecule has 5 heteroatoms. The zero-order chi connectivity index (χ0) is 15.4. The summed E-state index contributed by atoms with van der Waals surface area (Å²) < 4.78 is 1.46. The van der Waals surface area contributed by atoms with Crippen LogP contribution >= 0.6 is 0 Å². The van der Waals surface area contributed by atoms with Gasteiger partial charge in [0, 0.05) is 18.8 Å². The maximum absolute atomic E-state index is 12.4. The molecule has 0 radical (unpaired) electrons. The Hall–Kier alpha value is -2.09. The third-order valence-electron chi connectivity index (χ3n) is 3.92. The maximum atomic E-state index is 12.4. The lowest BCUT2D eigenvalue weighted by atomic mass is 10.1. The second-order valence-corrected chi connectivity index (χ2v) is 5.77. The molecule has 1 fully saturated rings. The highest BCUT2D eigenvalue weighted by Gasteiger charge is 2.20. The summed E-state index contributed by atoms with van der Waals surface area (Å²) in [7, 11) is 0. The number of nitriles is 1. The molecule has 0 saturated carbocycles. The number of amides is 1. The van der Waals surface area contributed by atoms with Crippen molar-refractivity contribution in [3.63, 3.8) is 0 Å². The molecule has 1 amide bonds. The van der Waals surface area contributed by atoms with Gasteiger partial charge in [0.1, 0.15) is 18.2 Å². The predicted octanol–water partition coefficient (Wildman–Crippen LogP) is 1.86. The van der Waals surface area contributed by atoms with Crippen molar-refractivity contribution >= 4 is 5.91 Å². The Labute approximate surface area is 124 Å². The lowest BCUT2D eigenvalue weighted by Gasteiger charge is -2.27. The van der Waals surface area contributed by atoms with Crippen molar-refractivity contribution in [1.82, 2.24) is 9.47 Å². The molecular weight excluding hydrogens is 266 g/mol. The minimum atomic E-state index is -0.367. The molecule has 1 aromatic rings. The number of hydrogen-bond acceptors (Lipinski definition) is 3. The minimum Gasteiger partial charge on any atom is -0.341 e. The number of nitrogens with zero attached hydrogens (tertiary/aromatic N) is 3. The third-order valence-corrected chi connectivity index (χ3v) is 3.92. The highest BCUT2D eigenvalue weighted by Crippen LogP contribution is 2.14. The molecule has 1 aliphatic heterocycles. The van der Waals surface area contributed by atoms with E-state index in [1.54, 1.807) is 12.1 Å². The largest absolute Gasteiger partial charge is 0.341 e. The van der Waals surface area contributed by atoms with Crippen LogP contribution in [0.2, 0.25) is 0 Å². The first kappa shape index (κ1) is 15.3. The van der Waals surface area contributed by atoms with Crippen LogP contribution in [-0.2, 0) is 11.3 Å². The van der Waals surface area contributed by atoms with E-state index < -0.39 is 0 Å². The zero-order valence-electron chi connectivity index (χ0n) is 12.6. The molecule has 1 aromatic heterocycles.